The third-order valence-corrected chi connectivity index (χ3v) is 6.96. The maximum Gasteiger partial charge on any atom is 0.259 e. The Hall–Kier alpha value is -1.60. The Morgan fingerprint density at radius 1 is 1.50 bits per heavy atom. The number of imidazole rings is 1. The van der Waals surface area contributed by atoms with E-state index in [0.29, 0.717) is 5.92 Å². The molecule has 126 valence electrons. The molecule has 3 aromatic heterocycles. The van der Waals surface area contributed by atoms with E-state index in [1.54, 1.807) is 29.3 Å². The van der Waals surface area contributed by atoms with Crippen molar-refractivity contribution < 1.29 is 0 Å². The number of nitrogens with one attached hydrogen (secondary N) is 1. The predicted molar refractivity (Wildman–Crippen MR) is 98.9 cm³/mol. The van der Waals surface area contributed by atoms with Gasteiger partial charge in [0, 0.05) is 24.3 Å². The summed E-state index contributed by atoms with van der Waals surface area (Å²) in [4.78, 5) is 27.0. The Balaban J connectivity index is 1.73. The molecule has 1 aliphatic carbocycles. The summed E-state index contributed by atoms with van der Waals surface area (Å²) in [7, 11) is 1.97. The van der Waals surface area contributed by atoms with Crippen molar-refractivity contribution in [3.63, 3.8) is 0 Å². The van der Waals surface area contributed by atoms with E-state index in [-0.39, 0.29) is 10.8 Å². The monoisotopic (exact) mass is 360 g/mol. The fraction of sp³-hybridized carbons (Fsp3) is 0.471. The van der Waals surface area contributed by atoms with Gasteiger partial charge in [-0.2, -0.15) is 0 Å². The number of thioether (sulfide) groups is 1. The maximum atomic E-state index is 12.7. The molecule has 24 heavy (non-hydrogen) atoms. The van der Waals surface area contributed by atoms with Gasteiger partial charge in [-0.25, -0.2) is 9.97 Å². The van der Waals surface area contributed by atoms with Crippen molar-refractivity contribution in [1.29, 1.82) is 0 Å². The standard InChI is InChI=1S/C17H20N4OS2/c1-9-4-5-11-12(8-9)24-16-13(11)15(22)19-14(20-16)10(2)23-17-18-6-7-21(17)3/h6-7,9-10H,4-5,8H2,1-3H3,(H,19,20,22)/t9-,10-/m1/s1. The summed E-state index contributed by atoms with van der Waals surface area (Å²) in [6.45, 7) is 4.33. The number of nitrogens with zero attached hydrogens (tertiary/aromatic N) is 3. The van der Waals surface area contributed by atoms with Gasteiger partial charge in [0.1, 0.15) is 10.7 Å². The van der Waals surface area contributed by atoms with E-state index in [1.807, 2.05) is 17.8 Å². The van der Waals surface area contributed by atoms with Crippen LogP contribution >= 0.6 is 23.1 Å². The number of aryl methyl sites for hydroxylation is 2. The molecule has 3 aromatic rings. The molecule has 2 atom stereocenters. The Bertz CT molecular complexity index is 955. The molecule has 0 aromatic carbocycles. The molecule has 0 fully saturated rings. The second-order valence-corrected chi connectivity index (χ2v) is 8.96. The van der Waals surface area contributed by atoms with Gasteiger partial charge in [0.05, 0.1) is 10.6 Å². The zero-order valence-corrected chi connectivity index (χ0v) is 15.6. The largest absolute Gasteiger partial charge is 0.329 e. The van der Waals surface area contributed by atoms with Crippen LogP contribution < -0.4 is 5.56 Å². The summed E-state index contributed by atoms with van der Waals surface area (Å²) in [5.41, 5.74) is 1.24. The topological polar surface area (TPSA) is 63.6 Å². The average molecular weight is 361 g/mol. The molecule has 1 aliphatic rings. The molecule has 3 heterocycles. The summed E-state index contributed by atoms with van der Waals surface area (Å²) in [5, 5.41) is 1.78. The van der Waals surface area contributed by atoms with E-state index in [9.17, 15) is 4.79 Å². The highest BCUT2D eigenvalue weighted by Crippen LogP contribution is 2.37. The van der Waals surface area contributed by atoms with Crippen molar-refractivity contribution in [3.8, 4) is 0 Å². The molecule has 5 nitrogen and oxygen atoms in total. The first-order chi connectivity index (χ1) is 11.5. The Morgan fingerprint density at radius 3 is 3.08 bits per heavy atom. The Morgan fingerprint density at radius 2 is 2.33 bits per heavy atom. The van der Waals surface area contributed by atoms with Crippen LogP contribution in [-0.4, -0.2) is 19.5 Å². The lowest BCUT2D eigenvalue weighted by Crippen LogP contribution is -2.15. The molecule has 1 N–H and O–H groups in total. The summed E-state index contributed by atoms with van der Waals surface area (Å²) < 4.78 is 1.98. The number of H-pyrrole nitrogens is 1. The van der Waals surface area contributed by atoms with Crippen LogP contribution in [0.15, 0.2) is 22.3 Å². The summed E-state index contributed by atoms with van der Waals surface area (Å²) in [6, 6.07) is 0. The molecule has 0 amide bonds. The molecular weight excluding hydrogens is 340 g/mol. The summed E-state index contributed by atoms with van der Waals surface area (Å²) in [5.74, 6) is 1.43. The van der Waals surface area contributed by atoms with Crippen LogP contribution in [0, 0.1) is 5.92 Å². The number of thiophene rings is 1. The van der Waals surface area contributed by atoms with Gasteiger partial charge in [-0.1, -0.05) is 18.7 Å². The lowest BCUT2D eigenvalue weighted by molar-refractivity contribution is 0.509. The van der Waals surface area contributed by atoms with E-state index in [0.717, 1.165) is 40.5 Å². The smallest absolute Gasteiger partial charge is 0.259 e. The van der Waals surface area contributed by atoms with Crippen molar-refractivity contribution in [3.05, 3.63) is 39.0 Å². The average Bonchev–Trinajstić information content (AvgIpc) is 3.10. The summed E-state index contributed by atoms with van der Waals surface area (Å²) in [6.07, 6.45) is 6.93. The van der Waals surface area contributed by atoms with Crippen LogP contribution in [0.1, 0.15) is 41.8 Å². The lowest BCUT2D eigenvalue weighted by atomic mass is 9.89. The Kier molecular flexibility index (Phi) is 4.00. The van der Waals surface area contributed by atoms with Gasteiger partial charge in [0.15, 0.2) is 5.16 Å². The second kappa shape index (κ2) is 6.04. The molecule has 0 bridgehead atoms. The van der Waals surface area contributed by atoms with Crippen LogP contribution in [0.3, 0.4) is 0 Å². The minimum absolute atomic E-state index is 0.00865. The van der Waals surface area contributed by atoms with Crippen molar-refractivity contribution in [2.24, 2.45) is 13.0 Å². The first-order valence-corrected chi connectivity index (χ1v) is 9.91. The molecule has 0 unspecified atom stereocenters. The first kappa shape index (κ1) is 15.9. The van der Waals surface area contributed by atoms with Gasteiger partial charge < -0.3 is 9.55 Å². The fourth-order valence-electron chi connectivity index (χ4n) is 3.24. The van der Waals surface area contributed by atoms with Gasteiger partial charge in [-0.05, 0) is 37.7 Å². The van der Waals surface area contributed by atoms with Gasteiger partial charge in [0.2, 0.25) is 0 Å². The molecule has 0 saturated heterocycles. The van der Waals surface area contributed by atoms with E-state index in [4.69, 9.17) is 4.98 Å². The molecule has 7 heteroatoms. The van der Waals surface area contributed by atoms with E-state index >= 15 is 0 Å². The number of rotatable bonds is 3. The minimum Gasteiger partial charge on any atom is -0.329 e. The zero-order chi connectivity index (χ0) is 16.8. The number of hydrogen-bond acceptors (Lipinski definition) is 5. The van der Waals surface area contributed by atoms with Gasteiger partial charge in [-0.15, -0.1) is 11.3 Å². The number of aromatic amines is 1. The second-order valence-electron chi connectivity index (χ2n) is 6.56. The van der Waals surface area contributed by atoms with E-state index < -0.39 is 0 Å². The van der Waals surface area contributed by atoms with Crippen molar-refractivity contribution in [2.45, 2.75) is 43.5 Å². The van der Waals surface area contributed by atoms with E-state index in [1.165, 1.54) is 10.4 Å². The lowest BCUT2D eigenvalue weighted by Gasteiger charge is -2.17. The molecular formula is C17H20N4OS2. The normalized spacial score (nSPS) is 18.7. The van der Waals surface area contributed by atoms with Crippen molar-refractivity contribution >= 4 is 33.3 Å². The van der Waals surface area contributed by atoms with E-state index in [2.05, 4.69) is 23.8 Å². The maximum absolute atomic E-state index is 12.7. The van der Waals surface area contributed by atoms with Crippen LogP contribution in [-0.2, 0) is 19.9 Å². The SMILES string of the molecule is C[C@@H]1CCc2c(sc3nc([C@@H](C)Sc4nccn4C)[nH]c(=O)c23)C1. The third kappa shape index (κ3) is 2.69. The van der Waals surface area contributed by atoms with Gasteiger partial charge in [0.25, 0.3) is 5.56 Å². The van der Waals surface area contributed by atoms with Crippen LogP contribution in [0.4, 0.5) is 0 Å². The van der Waals surface area contributed by atoms with Crippen molar-refractivity contribution in [2.75, 3.05) is 0 Å². The molecule has 0 spiro atoms. The van der Waals surface area contributed by atoms with Crippen LogP contribution in [0.25, 0.3) is 10.2 Å². The quantitative estimate of drug-likeness (QED) is 0.724. The first-order valence-electron chi connectivity index (χ1n) is 8.21. The number of hydrogen-bond donors (Lipinski definition) is 1. The van der Waals surface area contributed by atoms with Crippen LogP contribution in [0.5, 0.6) is 0 Å². The van der Waals surface area contributed by atoms with Gasteiger partial charge >= 0.3 is 0 Å². The number of fused-ring (bicyclic) bond motifs is 3. The minimum atomic E-state index is 0.00865. The third-order valence-electron chi connectivity index (χ3n) is 4.63. The van der Waals surface area contributed by atoms with Crippen molar-refractivity contribution in [1.82, 2.24) is 19.5 Å². The molecule has 0 saturated carbocycles. The number of aromatic nitrogens is 4. The molecule has 0 aliphatic heterocycles. The predicted octanol–water partition coefficient (Wildman–Crippen LogP) is 3.70. The van der Waals surface area contributed by atoms with Crippen LogP contribution in [0.2, 0.25) is 0 Å². The Labute approximate surface area is 148 Å². The van der Waals surface area contributed by atoms with Gasteiger partial charge in [-0.3, -0.25) is 4.79 Å². The highest BCUT2D eigenvalue weighted by molar-refractivity contribution is 7.99. The molecule has 4 rings (SSSR count). The highest BCUT2D eigenvalue weighted by atomic mass is 32.2. The highest BCUT2D eigenvalue weighted by Gasteiger charge is 2.24. The zero-order valence-electron chi connectivity index (χ0n) is 14.0. The summed E-state index contributed by atoms with van der Waals surface area (Å²) >= 11 is 3.31. The fourth-order valence-corrected chi connectivity index (χ4v) is 5.52. The molecule has 0 radical (unpaired) electrons.